The van der Waals surface area contributed by atoms with Crippen molar-refractivity contribution in [2.45, 2.75) is 18.9 Å². The monoisotopic (exact) mass is 264 g/mol. The van der Waals surface area contributed by atoms with E-state index in [-0.39, 0.29) is 0 Å². The Morgan fingerprint density at radius 1 is 0.950 bits per heavy atom. The van der Waals surface area contributed by atoms with Gasteiger partial charge in [0.15, 0.2) is 0 Å². The highest BCUT2D eigenvalue weighted by Gasteiger charge is 2.11. The van der Waals surface area contributed by atoms with Crippen LogP contribution in [0.3, 0.4) is 0 Å². The predicted octanol–water partition coefficient (Wildman–Crippen LogP) is 3.30. The quantitative estimate of drug-likeness (QED) is 0.786. The van der Waals surface area contributed by atoms with E-state index >= 15 is 0 Å². The Bertz CT molecular complexity index is 692. The fourth-order valence-electron chi connectivity index (χ4n) is 2.45. The molecule has 3 nitrogen and oxygen atoms in total. The van der Waals surface area contributed by atoms with Gasteiger partial charge in [0.25, 0.3) is 0 Å². The third kappa shape index (κ3) is 2.68. The van der Waals surface area contributed by atoms with Crippen molar-refractivity contribution < 1.29 is 5.11 Å². The van der Waals surface area contributed by atoms with Gasteiger partial charge in [0.1, 0.15) is 0 Å². The maximum absolute atomic E-state index is 10.4. The second kappa shape index (κ2) is 5.80. The van der Waals surface area contributed by atoms with Gasteiger partial charge in [0, 0.05) is 30.2 Å². The standard InChI is InChI=1S/C17H16N2O/c20-17(5-4-13-6-9-18-10-7-13)16-3-1-2-14-12-19-11-8-15(14)16/h1-3,6-12,17,20H,4-5H2. The van der Waals surface area contributed by atoms with Crippen molar-refractivity contribution in [3.05, 3.63) is 72.3 Å². The molecule has 0 aliphatic heterocycles. The van der Waals surface area contributed by atoms with E-state index in [1.54, 1.807) is 18.6 Å². The van der Waals surface area contributed by atoms with E-state index in [0.29, 0.717) is 6.42 Å². The van der Waals surface area contributed by atoms with Crippen LogP contribution in [0.5, 0.6) is 0 Å². The highest BCUT2D eigenvalue weighted by atomic mass is 16.3. The van der Waals surface area contributed by atoms with Crippen molar-refractivity contribution in [2.24, 2.45) is 0 Å². The molecule has 0 spiro atoms. The zero-order chi connectivity index (χ0) is 13.8. The van der Waals surface area contributed by atoms with Crippen LogP contribution < -0.4 is 0 Å². The van der Waals surface area contributed by atoms with Crippen molar-refractivity contribution in [2.75, 3.05) is 0 Å². The van der Waals surface area contributed by atoms with Crippen LogP contribution in [-0.4, -0.2) is 15.1 Å². The van der Waals surface area contributed by atoms with E-state index in [0.717, 1.165) is 22.8 Å². The van der Waals surface area contributed by atoms with Gasteiger partial charge in [-0.25, -0.2) is 0 Å². The molecule has 1 unspecified atom stereocenters. The summed E-state index contributed by atoms with van der Waals surface area (Å²) in [7, 11) is 0. The normalized spacial score (nSPS) is 12.4. The van der Waals surface area contributed by atoms with Gasteiger partial charge in [0.2, 0.25) is 0 Å². The maximum atomic E-state index is 10.4. The van der Waals surface area contributed by atoms with Gasteiger partial charge in [0.05, 0.1) is 6.10 Å². The summed E-state index contributed by atoms with van der Waals surface area (Å²) in [6.07, 6.45) is 8.23. The summed E-state index contributed by atoms with van der Waals surface area (Å²) in [5.74, 6) is 0. The minimum absolute atomic E-state index is 0.464. The molecule has 0 saturated heterocycles. The third-order valence-corrected chi connectivity index (χ3v) is 3.53. The molecule has 0 amide bonds. The molecule has 0 fully saturated rings. The molecule has 3 aromatic rings. The van der Waals surface area contributed by atoms with Crippen molar-refractivity contribution in [3.63, 3.8) is 0 Å². The fourth-order valence-corrected chi connectivity index (χ4v) is 2.45. The zero-order valence-corrected chi connectivity index (χ0v) is 11.1. The smallest absolute Gasteiger partial charge is 0.0799 e. The molecule has 0 aliphatic carbocycles. The second-order valence-corrected chi connectivity index (χ2v) is 4.85. The van der Waals surface area contributed by atoms with Gasteiger partial charge in [-0.3, -0.25) is 9.97 Å². The summed E-state index contributed by atoms with van der Waals surface area (Å²) in [6, 6.07) is 11.9. The molecule has 1 atom stereocenters. The first-order valence-electron chi connectivity index (χ1n) is 6.74. The van der Waals surface area contributed by atoms with Gasteiger partial charge in [-0.2, -0.15) is 0 Å². The summed E-state index contributed by atoms with van der Waals surface area (Å²) in [5, 5.41) is 12.6. The summed E-state index contributed by atoms with van der Waals surface area (Å²) < 4.78 is 0. The lowest BCUT2D eigenvalue weighted by Gasteiger charge is -2.13. The average Bonchev–Trinajstić information content (AvgIpc) is 2.53. The maximum Gasteiger partial charge on any atom is 0.0799 e. The molecule has 0 saturated carbocycles. The van der Waals surface area contributed by atoms with Crippen LogP contribution in [0.15, 0.2) is 61.2 Å². The first kappa shape index (κ1) is 12.8. The molecule has 0 radical (unpaired) electrons. The highest BCUT2D eigenvalue weighted by Crippen LogP contribution is 2.26. The lowest BCUT2D eigenvalue weighted by Crippen LogP contribution is -2.00. The SMILES string of the molecule is OC(CCc1ccncc1)c1cccc2cnccc12. The predicted molar refractivity (Wildman–Crippen MR) is 79.3 cm³/mol. The van der Waals surface area contributed by atoms with E-state index in [2.05, 4.69) is 9.97 Å². The Morgan fingerprint density at radius 2 is 1.75 bits per heavy atom. The third-order valence-electron chi connectivity index (χ3n) is 3.53. The fraction of sp³-hybridized carbons (Fsp3) is 0.176. The minimum atomic E-state index is -0.464. The van der Waals surface area contributed by atoms with Gasteiger partial charge >= 0.3 is 0 Å². The highest BCUT2D eigenvalue weighted by molar-refractivity contribution is 5.85. The van der Waals surface area contributed by atoms with Crippen molar-refractivity contribution >= 4 is 10.8 Å². The number of aliphatic hydroxyl groups excluding tert-OH is 1. The van der Waals surface area contributed by atoms with E-state index in [4.69, 9.17) is 0 Å². The van der Waals surface area contributed by atoms with Crippen molar-refractivity contribution in [3.8, 4) is 0 Å². The van der Waals surface area contributed by atoms with E-state index < -0.39 is 6.10 Å². The minimum Gasteiger partial charge on any atom is -0.388 e. The Hall–Kier alpha value is -2.26. The number of aliphatic hydroxyl groups is 1. The molecule has 3 heteroatoms. The van der Waals surface area contributed by atoms with Crippen LogP contribution >= 0.6 is 0 Å². The topological polar surface area (TPSA) is 46.0 Å². The molecule has 3 rings (SSSR count). The first-order valence-corrected chi connectivity index (χ1v) is 6.74. The van der Waals surface area contributed by atoms with Gasteiger partial charge < -0.3 is 5.11 Å². The van der Waals surface area contributed by atoms with Crippen LogP contribution in [0.2, 0.25) is 0 Å². The van der Waals surface area contributed by atoms with Gasteiger partial charge in [-0.15, -0.1) is 0 Å². The largest absolute Gasteiger partial charge is 0.388 e. The first-order chi connectivity index (χ1) is 9.84. The molecule has 1 N–H and O–H groups in total. The molecular weight excluding hydrogens is 248 g/mol. The van der Waals surface area contributed by atoms with Crippen molar-refractivity contribution in [1.82, 2.24) is 9.97 Å². The number of nitrogens with zero attached hydrogens (tertiary/aromatic N) is 2. The Morgan fingerprint density at radius 3 is 2.60 bits per heavy atom. The number of aromatic nitrogens is 2. The van der Waals surface area contributed by atoms with Crippen LogP contribution in [0, 0.1) is 0 Å². The summed E-state index contributed by atoms with van der Waals surface area (Å²) in [4.78, 5) is 8.12. The molecule has 2 heterocycles. The van der Waals surface area contributed by atoms with Crippen LogP contribution in [0.25, 0.3) is 10.8 Å². The van der Waals surface area contributed by atoms with E-state index in [9.17, 15) is 5.11 Å². The number of fused-ring (bicyclic) bond motifs is 1. The Labute approximate surface area is 117 Å². The van der Waals surface area contributed by atoms with Crippen LogP contribution in [0.1, 0.15) is 23.7 Å². The van der Waals surface area contributed by atoms with Crippen LogP contribution in [0.4, 0.5) is 0 Å². The average molecular weight is 264 g/mol. The second-order valence-electron chi connectivity index (χ2n) is 4.85. The molecule has 20 heavy (non-hydrogen) atoms. The molecule has 0 aliphatic rings. The Kier molecular flexibility index (Phi) is 3.70. The van der Waals surface area contributed by atoms with Gasteiger partial charge in [-0.05, 0) is 47.6 Å². The van der Waals surface area contributed by atoms with Gasteiger partial charge in [-0.1, -0.05) is 18.2 Å². The van der Waals surface area contributed by atoms with E-state index in [1.165, 1.54) is 5.56 Å². The number of aryl methyl sites for hydroxylation is 1. The number of hydrogen-bond acceptors (Lipinski definition) is 3. The molecule has 0 bridgehead atoms. The lowest BCUT2D eigenvalue weighted by atomic mass is 9.97. The number of hydrogen-bond donors (Lipinski definition) is 1. The number of rotatable bonds is 4. The lowest BCUT2D eigenvalue weighted by molar-refractivity contribution is 0.169. The van der Waals surface area contributed by atoms with Crippen molar-refractivity contribution in [1.29, 1.82) is 0 Å². The van der Waals surface area contributed by atoms with E-state index in [1.807, 2.05) is 42.6 Å². The summed E-state index contributed by atoms with van der Waals surface area (Å²) >= 11 is 0. The number of benzene rings is 1. The molecular formula is C17H16N2O. The van der Waals surface area contributed by atoms with Crippen LogP contribution in [-0.2, 0) is 6.42 Å². The molecule has 2 aromatic heterocycles. The molecule has 1 aromatic carbocycles. The summed E-state index contributed by atoms with van der Waals surface area (Å²) in [5.41, 5.74) is 2.17. The zero-order valence-electron chi connectivity index (χ0n) is 11.1. The Balaban J connectivity index is 1.80. The summed E-state index contributed by atoms with van der Waals surface area (Å²) in [6.45, 7) is 0. The number of pyridine rings is 2. The molecule has 100 valence electrons.